The van der Waals surface area contributed by atoms with Crippen molar-refractivity contribution in [1.29, 1.82) is 0 Å². The van der Waals surface area contributed by atoms with E-state index in [1.165, 1.54) is 12.1 Å². The Hall–Kier alpha value is -1.29. The van der Waals surface area contributed by atoms with E-state index in [0.717, 1.165) is 12.6 Å². The molecule has 1 aromatic carbocycles. The fourth-order valence-corrected chi connectivity index (χ4v) is 1.50. The number of nitrogens with one attached hydrogen (secondary N) is 1. The first-order valence-electron chi connectivity index (χ1n) is 5.72. The summed E-state index contributed by atoms with van der Waals surface area (Å²) in [7, 11) is 0. The molecule has 1 atom stereocenters. The molecule has 0 aliphatic heterocycles. The Bertz CT molecular complexity index is 393. The monoisotopic (exact) mass is 241 g/mol. The van der Waals surface area contributed by atoms with Crippen LogP contribution in [0.2, 0.25) is 0 Å². The molecule has 1 rings (SSSR count). The lowest BCUT2D eigenvalue weighted by Gasteiger charge is -2.11. The fourth-order valence-electron chi connectivity index (χ4n) is 1.50. The highest BCUT2D eigenvalue weighted by Crippen LogP contribution is 2.12. The number of hydrogen-bond donors (Lipinski definition) is 1. The summed E-state index contributed by atoms with van der Waals surface area (Å²) in [5.74, 6) is -1.50. The van der Waals surface area contributed by atoms with Gasteiger partial charge in [-0.25, -0.2) is 8.78 Å². The maximum Gasteiger partial charge on any atom is 0.141 e. The van der Waals surface area contributed by atoms with Crippen molar-refractivity contribution >= 4 is 5.78 Å². The molecule has 0 saturated carbocycles. The molecule has 94 valence electrons. The maximum atomic E-state index is 13.3. The molecule has 1 N–H and O–H groups in total. The SMILES string of the molecule is CCNCC(C)C(=O)Cc1ccc(F)cc1F. The van der Waals surface area contributed by atoms with Gasteiger partial charge >= 0.3 is 0 Å². The predicted molar refractivity (Wildman–Crippen MR) is 62.8 cm³/mol. The lowest BCUT2D eigenvalue weighted by molar-refractivity contribution is -0.121. The van der Waals surface area contributed by atoms with Gasteiger partial charge in [0.25, 0.3) is 0 Å². The normalized spacial score (nSPS) is 12.5. The van der Waals surface area contributed by atoms with E-state index in [2.05, 4.69) is 5.32 Å². The van der Waals surface area contributed by atoms with Crippen LogP contribution in [0.25, 0.3) is 0 Å². The summed E-state index contributed by atoms with van der Waals surface area (Å²) in [6.45, 7) is 5.13. The lowest BCUT2D eigenvalue weighted by atomic mass is 9.99. The van der Waals surface area contributed by atoms with Crippen molar-refractivity contribution in [2.75, 3.05) is 13.1 Å². The molecule has 0 spiro atoms. The molecule has 0 fully saturated rings. The van der Waals surface area contributed by atoms with Crippen molar-refractivity contribution in [3.05, 3.63) is 35.4 Å². The molecule has 1 unspecified atom stereocenters. The highest BCUT2D eigenvalue weighted by Gasteiger charge is 2.15. The van der Waals surface area contributed by atoms with E-state index in [4.69, 9.17) is 0 Å². The fraction of sp³-hybridized carbons (Fsp3) is 0.462. The lowest BCUT2D eigenvalue weighted by Crippen LogP contribution is -2.27. The van der Waals surface area contributed by atoms with Crippen LogP contribution in [0.15, 0.2) is 18.2 Å². The van der Waals surface area contributed by atoms with Crippen LogP contribution in [-0.4, -0.2) is 18.9 Å². The van der Waals surface area contributed by atoms with E-state index in [1.807, 2.05) is 6.92 Å². The van der Waals surface area contributed by atoms with Crippen LogP contribution in [0, 0.1) is 17.6 Å². The van der Waals surface area contributed by atoms with Crippen molar-refractivity contribution in [2.45, 2.75) is 20.3 Å². The number of hydrogen-bond acceptors (Lipinski definition) is 2. The number of halogens is 2. The molecular weight excluding hydrogens is 224 g/mol. The van der Waals surface area contributed by atoms with Crippen LogP contribution in [0.5, 0.6) is 0 Å². The first kappa shape index (κ1) is 13.8. The smallest absolute Gasteiger partial charge is 0.141 e. The van der Waals surface area contributed by atoms with Gasteiger partial charge in [0, 0.05) is 24.9 Å². The van der Waals surface area contributed by atoms with Gasteiger partial charge in [-0.2, -0.15) is 0 Å². The molecule has 0 aliphatic carbocycles. The van der Waals surface area contributed by atoms with Gasteiger partial charge in [0.05, 0.1) is 0 Å². The number of Topliss-reactive ketones (excluding diaryl/α,β-unsaturated/α-hetero) is 1. The van der Waals surface area contributed by atoms with Gasteiger partial charge in [-0.3, -0.25) is 4.79 Å². The van der Waals surface area contributed by atoms with Gasteiger partial charge in [0.2, 0.25) is 0 Å². The van der Waals surface area contributed by atoms with Gasteiger partial charge in [-0.1, -0.05) is 19.9 Å². The van der Waals surface area contributed by atoms with Crippen LogP contribution in [-0.2, 0) is 11.2 Å². The van der Waals surface area contributed by atoms with Crippen molar-refractivity contribution in [2.24, 2.45) is 5.92 Å². The van der Waals surface area contributed by atoms with E-state index in [9.17, 15) is 13.6 Å². The van der Waals surface area contributed by atoms with Gasteiger partial charge in [-0.15, -0.1) is 0 Å². The first-order valence-corrected chi connectivity index (χ1v) is 5.72. The van der Waals surface area contributed by atoms with Gasteiger partial charge in [0.1, 0.15) is 17.4 Å². The Morgan fingerprint density at radius 2 is 2.12 bits per heavy atom. The number of carbonyl (C=O) groups excluding carboxylic acids is 1. The Labute approximate surface area is 100 Å². The number of carbonyl (C=O) groups is 1. The zero-order chi connectivity index (χ0) is 12.8. The second kappa shape index (κ2) is 6.45. The predicted octanol–water partition coefficient (Wildman–Crippen LogP) is 2.32. The summed E-state index contributed by atoms with van der Waals surface area (Å²) < 4.78 is 26.0. The molecule has 17 heavy (non-hydrogen) atoms. The summed E-state index contributed by atoms with van der Waals surface area (Å²) in [6, 6.07) is 3.29. The van der Waals surface area contributed by atoms with Crippen LogP contribution in [0.1, 0.15) is 19.4 Å². The van der Waals surface area contributed by atoms with Crippen molar-refractivity contribution < 1.29 is 13.6 Å². The maximum absolute atomic E-state index is 13.3. The summed E-state index contributed by atoms with van der Waals surface area (Å²) in [5.41, 5.74) is 0.250. The van der Waals surface area contributed by atoms with Gasteiger partial charge < -0.3 is 5.32 Å². The van der Waals surface area contributed by atoms with E-state index in [1.54, 1.807) is 6.92 Å². The highest BCUT2D eigenvalue weighted by atomic mass is 19.1. The van der Waals surface area contributed by atoms with Crippen LogP contribution >= 0.6 is 0 Å². The summed E-state index contributed by atoms with van der Waals surface area (Å²) in [6.07, 6.45) is 0.0126. The molecule has 2 nitrogen and oxygen atoms in total. The minimum absolute atomic E-state index is 0.0126. The largest absolute Gasteiger partial charge is 0.316 e. The molecule has 0 bridgehead atoms. The summed E-state index contributed by atoms with van der Waals surface area (Å²) >= 11 is 0. The van der Waals surface area contributed by atoms with Crippen molar-refractivity contribution in [1.82, 2.24) is 5.32 Å². The summed E-state index contributed by atoms with van der Waals surface area (Å²) in [4.78, 5) is 11.8. The third kappa shape index (κ3) is 4.23. The van der Waals surface area contributed by atoms with E-state index in [-0.39, 0.29) is 23.7 Å². The topological polar surface area (TPSA) is 29.1 Å². The first-order chi connectivity index (χ1) is 8.04. The Balaban J connectivity index is 2.61. The molecule has 0 radical (unpaired) electrons. The second-order valence-electron chi connectivity index (χ2n) is 4.09. The zero-order valence-corrected chi connectivity index (χ0v) is 10.1. The summed E-state index contributed by atoms with van der Waals surface area (Å²) in [5, 5.41) is 3.06. The highest BCUT2D eigenvalue weighted by molar-refractivity contribution is 5.83. The van der Waals surface area contributed by atoms with E-state index in [0.29, 0.717) is 6.54 Å². The standard InChI is InChI=1S/C13H17F2NO/c1-3-16-8-9(2)13(17)6-10-4-5-11(14)7-12(10)15/h4-5,7,9,16H,3,6,8H2,1-2H3. The molecule has 0 amide bonds. The van der Waals surface area contributed by atoms with Crippen LogP contribution in [0.4, 0.5) is 8.78 Å². The van der Waals surface area contributed by atoms with Gasteiger partial charge in [-0.05, 0) is 18.2 Å². The quantitative estimate of drug-likeness (QED) is 0.828. The Morgan fingerprint density at radius 1 is 1.41 bits per heavy atom. The Morgan fingerprint density at radius 3 is 2.71 bits per heavy atom. The second-order valence-corrected chi connectivity index (χ2v) is 4.09. The minimum Gasteiger partial charge on any atom is -0.316 e. The van der Waals surface area contributed by atoms with Crippen LogP contribution < -0.4 is 5.32 Å². The molecule has 0 heterocycles. The van der Waals surface area contributed by atoms with Crippen molar-refractivity contribution in [3.8, 4) is 0 Å². The average Bonchev–Trinajstić information content (AvgIpc) is 2.29. The number of ketones is 1. The Kier molecular flexibility index (Phi) is 5.22. The minimum atomic E-state index is -0.658. The number of benzene rings is 1. The molecule has 0 aliphatic rings. The zero-order valence-electron chi connectivity index (χ0n) is 10.1. The molecular formula is C13H17F2NO. The molecule has 1 aromatic rings. The van der Waals surface area contributed by atoms with E-state index >= 15 is 0 Å². The third-order valence-electron chi connectivity index (χ3n) is 2.63. The average molecular weight is 241 g/mol. The molecule has 4 heteroatoms. The van der Waals surface area contributed by atoms with Gasteiger partial charge in [0.15, 0.2) is 0 Å². The van der Waals surface area contributed by atoms with Crippen LogP contribution in [0.3, 0.4) is 0 Å². The van der Waals surface area contributed by atoms with Crippen molar-refractivity contribution in [3.63, 3.8) is 0 Å². The molecule has 0 aromatic heterocycles. The third-order valence-corrected chi connectivity index (χ3v) is 2.63. The molecule has 0 saturated heterocycles. The van der Waals surface area contributed by atoms with E-state index < -0.39 is 11.6 Å². The number of rotatable bonds is 6.